The Hall–Kier alpha value is -2.77. The van der Waals surface area contributed by atoms with Crippen molar-refractivity contribution in [3.63, 3.8) is 0 Å². The molecule has 3 rings (SSSR count). The number of carbonyl (C=O) groups is 2. The third-order valence-electron chi connectivity index (χ3n) is 4.43. The maximum absolute atomic E-state index is 12.2. The minimum absolute atomic E-state index is 0.0143. The molecule has 8 nitrogen and oxygen atoms in total. The van der Waals surface area contributed by atoms with E-state index in [4.69, 9.17) is 9.26 Å². The third kappa shape index (κ3) is 4.44. The number of piperidine rings is 1. The lowest BCUT2D eigenvalue weighted by molar-refractivity contribution is -0.145. The van der Waals surface area contributed by atoms with Gasteiger partial charge in [-0.05, 0) is 31.9 Å². The van der Waals surface area contributed by atoms with Crippen LogP contribution >= 0.6 is 0 Å². The summed E-state index contributed by atoms with van der Waals surface area (Å²) in [5.41, 5.74) is 0.863. The number of nitrogens with zero attached hydrogens (tertiary/aromatic N) is 4. The molecule has 2 aromatic rings. The van der Waals surface area contributed by atoms with E-state index >= 15 is 0 Å². The summed E-state index contributed by atoms with van der Waals surface area (Å²) < 4.78 is 10.3. The SMILES string of the molecule is CCOC(=O)CCC(=O)N1CCC(c2nc(-c3ccncc3)no2)CC1. The van der Waals surface area contributed by atoms with Crippen LogP contribution < -0.4 is 0 Å². The monoisotopic (exact) mass is 358 g/mol. The minimum atomic E-state index is -0.328. The molecule has 138 valence electrons. The fourth-order valence-electron chi connectivity index (χ4n) is 3.00. The van der Waals surface area contributed by atoms with Crippen LogP contribution in [0.2, 0.25) is 0 Å². The van der Waals surface area contributed by atoms with Gasteiger partial charge in [-0.3, -0.25) is 14.6 Å². The van der Waals surface area contributed by atoms with Crippen LogP contribution in [-0.4, -0.2) is 51.6 Å². The average Bonchev–Trinajstić information content (AvgIpc) is 3.17. The van der Waals surface area contributed by atoms with Crippen molar-refractivity contribution in [1.29, 1.82) is 0 Å². The molecule has 26 heavy (non-hydrogen) atoms. The predicted octanol–water partition coefficient (Wildman–Crippen LogP) is 2.18. The molecule has 0 spiro atoms. The molecule has 1 amide bonds. The van der Waals surface area contributed by atoms with E-state index in [-0.39, 0.29) is 30.6 Å². The summed E-state index contributed by atoms with van der Waals surface area (Å²) in [4.78, 5) is 33.8. The maximum Gasteiger partial charge on any atom is 0.306 e. The van der Waals surface area contributed by atoms with Crippen molar-refractivity contribution in [2.45, 2.75) is 38.5 Å². The minimum Gasteiger partial charge on any atom is -0.466 e. The number of pyridine rings is 1. The highest BCUT2D eigenvalue weighted by Crippen LogP contribution is 2.28. The number of carbonyl (C=O) groups excluding carboxylic acids is 2. The van der Waals surface area contributed by atoms with E-state index in [9.17, 15) is 9.59 Å². The summed E-state index contributed by atoms with van der Waals surface area (Å²) in [6.07, 6.45) is 5.23. The molecule has 0 aliphatic carbocycles. The van der Waals surface area contributed by atoms with Crippen molar-refractivity contribution in [2.24, 2.45) is 0 Å². The van der Waals surface area contributed by atoms with Gasteiger partial charge >= 0.3 is 5.97 Å². The normalized spacial score (nSPS) is 15.0. The van der Waals surface area contributed by atoms with Crippen LogP contribution in [0.25, 0.3) is 11.4 Å². The van der Waals surface area contributed by atoms with Crippen molar-refractivity contribution in [2.75, 3.05) is 19.7 Å². The molecule has 1 aliphatic rings. The first-order chi connectivity index (χ1) is 12.7. The molecule has 1 saturated heterocycles. The number of likely N-dealkylation sites (tertiary alicyclic amines) is 1. The summed E-state index contributed by atoms with van der Waals surface area (Å²) in [5, 5.41) is 4.04. The van der Waals surface area contributed by atoms with E-state index in [1.807, 2.05) is 12.1 Å². The zero-order valence-corrected chi connectivity index (χ0v) is 14.8. The van der Waals surface area contributed by atoms with Gasteiger partial charge in [0.1, 0.15) is 0 Å². The van der Waals surface area contributed by atoms with Gasteiger partial charge in [-0.2, -0.15) is 4.98 Å². The highest BCUT2D eigenvalue weighted by atomic mass is 16.5. The van der Waals surface area contributed by atoms with Gasteiger partial charge in [0.15, 0.2) is 0 Å². The number of rotatable bonds is 6. The van der Waals surface area contributed by atoms with E-state index in [0.29, 0.717) is 31.4 Å². The summed E-state index contributed by atoms with van der Waals surface area (Å²) in [5.74, 6) is 0.961. The Morgan fingerprint density at radius 1 is 1.23 bits per heavy atom. The van der Waals surface area contributed by atoms with Crippen LogP contribution in [-0.2, 0) is 14.3 Å². The Morgan fingerprint density at radius 2 is 1.96 bits per heavy atom. The lowest BCUT2D eigenvalue weighted by atomic mass is 9.96. The largest absolute Gasteiger partial charge is 0.466 e. The summed E-state index contributed by atoms with van der Waals surface area (Å²) in [7, 11) is 0. The maximum atomic E-state index is 12.2. The number of aromatic nitrogens is 3. The molecule has 1 fully saturated rings. The molecular weight excluding hydrogens is 336 g/mol. The quantitative estimate of drug-likeness (QED) is 0.730. The first-order valence-corrected chi connectivity index (χ1v) is 8.84. The Balaban J connectivity index is 1.50. The third-order valence-corrected chi connectivity index (χ3v) is 4.43. The predicted molar refractivity (Wildman–Crippen MR) is 92.0 cm³/mol. The van der Waals surface area contributed by atoms with Crippen molar-refractivity contribution in [3.8, 4) is 11.4 Å². The lowest BCUT2D eigenvalue weighted by Crippen LogP contribution is -2.38. The average molecular weight is 358 g/mol. The van der Waals surface area contributed by atoms with Gasteiger partial charge in [-0.25, -0.2) is 0 Å². The Labute approximate surface area is 151 Å². The number of amides is 1. The van der Waals surface area contributed by atoms with Gasteiger partial charge in [-0.1, -0.05) is 5.16 Å². The first kappa shape index (κ1) is 18.0. The Bertz CT molecular complexity index is 739. The van der Waals surface area contributed by atoms with Crippen molar-refractivity contribution < 1.29 is 18.8 Å². The standard InChI is InChI=1S/C18H22N4O4/c1-2-25-16(24)4-3-15(23)22-11-7-14(8-12-22)18-20-17(21-26-18)13-5-9-19-10-6-13/h5-6,9-10,14H,2-4,7-8,11-12H2,1H3. The number of ether oxygens (including phenoxy) is 1. The van der Waals surface area contributed by atoms with E-state index in [0.717, 1.165) is 18.4 Å². The Morgan fingerprint density at radius 3 is 2.65 bits per heavy atom. The van der Waals surface area contributed by atoms with Crippen molar-refractivity contribution in [1.82, 2.24) is 20.0 Å². The van der Waals surface area contributed by atoms with Crippen LogP contribution in [0.3, 0.4) is 0 Å². The summed E-state index contributed by atoms with van der Waals surface area (Å²) in [6.45, 7) is 3.34. The second kappa shape index (κ2) is 8.55. The molecule has 0 atom stereocenters. The van der Waals surface area contributed by atoms with Gasteiger partial charge in [0.25, 0.3) is 0 Å². The molecule has 0 N–H and O–H groups in total. The molecule has 1 aliphatic heterocycles. The number of hydrogen-bond donors (Lipinski definition) is 0. The zero-order chi connectivity index (χ0) is 18.4. The fourth-order valence-corrected chi connectivity index (χ4v) is 3.00. The molecule has 0 unspecified atom stereocenters. The van der Waals surface area contributed by atoms with Crippen LogP contribution in [0.5, 0.6) is 0 Å². The molecule has 0 saturated carbocycles. The van der Waals surface area contributed by atoms with Crippen molar-refractivity contribution >= 4 is 11.9 Å². The Kier molecular flexibility index (Phi) is 5.93. The number of hydrogen-bond acceptors (Lipinski definition) is 7. The van der Waals surface area contributed by atoms with Crippen LogP contribution in [0.1, 0.15) is 44.4 Å². The fraction of sp³-hybridized carbons (Fsp3) is 0.500. The van der Waals surface area contributed by atoms with Gasteiger partial charge in [-0.15, -0.1) is 0 Å². The lowest BCUT2D eigenvalue weighted by Gasteiger charge is -2.30. The first-order valence-electron chi connectivity index (χ1n) is 8.84. The van der Waals surface area contributed by atoms with Gasteiger partial charge < -0.3 is 14.2 Å². The molecule has 0 aromatic carbocycles. The smallest absolute Gasteiger partial charge is 0.306 e. The highest BCUT2D eigenvalue weighted by Gasteiger charge is 2.27. The highest BCUT2D eigenvalue weighted by molar-refractivity contribution is 5.81. The summed E-state index contributed by atoms with van der Waals surface area (Å²) >= 11 is 0. The van der Waals surface area contributed by atoms with Crippen LogP contribution in [0.15, 0.2) is 29.0 Å². The molecule has 2 aromatic heterocycles. The topological polar surface area (TPSA) is 98.4 Å². The molecule has 8 heteroatoms. The van der Waals surface area contributed by atoms with Crippen LogP contribution in [0.4, 0.5) is 0 Å². The number of esters is 1. The molecular formula is C18H22N4O4. The molecule has 0 bridgehead atoms. The van der Waals surface area contributed by atoms with Crippen LogP contribution in [0, 0.1) is 0 Å². The molecule has 3 heterocycles. The van der Waals surface area contributed by atoms with Gasteiger partial charge in [0.05, 0.1) is 13.0 Å². The van der Waals surface area contributed by atoms with Gasteiger partial charge in [0, 0.05) is 43.4 Å². The second-order valence-electron chi connectivity index (χ2n) is 6.15. The van der Waals surface area contributed by atoms with Crippen molar-refractivity contribution in [3.05, 3.63) is 30.4 Å². The zero-order valence-electron chi connectivity index (χ0n) is 14.8. The summed E-state index contributed by atoms with van der Waals surface area (Å²) in [6, 6.07) is 3.67. The van der Waals surface area contributed by atoms with Gasteiger partial charge in [0.2, 0.25) is 17.6 Å². The van der Waals surface area contributed by atoms with E-state index in [2.05, 4.69) is 15.1 Å². The second-order valence-corrected chi connectivity index (χ2v) is 6.15. The van der Waals surface area contributed by atoms with E-state index in [1.165, 1.54) is 0 Å². The molecule has 0 radical (unpaired) electrons. The van der Waals surface area contributed by atoms with E-state index in [1.54, 1.807) is 24.2 Å². The van der Waals surface area contributed by atoms with E-state index < -0.39 is 0 Å².